The molecule has 1 fully saturated rings. The first kappa shape index (κ1) is 13.8. The van der Waals surface area contributed by atoms with Gasteiger partial charge in [0.05, 0.1) is 30.5 Å². The van der Waals surface area contributed by atoms with Crippen molar-refractivity contribution >= 4 is 24.4 Å². The third kappa shape index (κ3) is 2.12. The number of hydrogen-bond donors (Lipinski definition) is 2. The summed E-state index contributed by atoms with van der Waals surface area (Å²) in [4.78, 5) is 16.6. The fourth-order valence-electron chi connectivity index (χ4n) is 3.05. The molecule has 1 saturated heterocycles. The van der Waals surface area contributed by atoms with Crippen molar-refractivity contribution in [1.29, 1.82) is 0 Å². The third-order valence-corrected chi connectivity index (χ3v) is 4.45. The van der Waals surface area contributed by atoms with Crippen molar-refractivity contribution in [2.75, 3.05) is 17.9 Å². The van der Waals surface area contributed by atoms with Gasteiger partial charge in [-0.15, -0.1) is 0 Å². The van der Waals surface area contributed by atoms with Crippen LogP contribution in [0, 0.1) is 0 Å². The Balaban J connectivity index is 1.87. The number of thiol groups is 1. The summed E-state index contributed by atoms with van der Waals surface area (Å²) in [7, 11) is 0. The molecule has 0 bridgehead atoms. The van der Waals surface area contributed by atoms with E-state index in [0.29, 0.717) is 25.5 Å². The first-order chi connectivity index (χ1) is 10.8. The molecule has 1 N–H and O–H groups in total. The van der Waals surface area contributed by atoms with Crippen LogP contribution in [0.3, 0.4) is 0 Å². The van der Waals surface area contributed by atoms with E-state index in [2.05, 4.69) is 22.5 Å². The van der Waals surface area contributed by atoms with Crippen molar-refractivity contribution in [1.82, 2.24) is 14.8 Å². The zero-order chi connectivity index (χ0) is 15.1. The predicted octanol–water partition coefficient (Wildman–Crippen LogP) is 2.29. The zero-order valence-electron chi connectivity index (χ0n) is 12.0. The Morgan fingerprint density at radius 1 is 1.36 bits per heavy atom. The van der Waals surface area contributed by atoms with Gasteiger partial charge >= 0.3 is 0 Å². The van der Waals surface area contributed by atoms with E-state index in [1.807, 2.05) is 16.8 Å². The minimum Gasteiger partial charge on any atom is -0.377 e. The number of carbonyl (C=O) groups is 1. The highest BCUT2D eigenvalue weighted by atomic mass is 32.1. The largest absolute Gasteiger partial charge is 0.377 e. The van der Waals surface area contributed by atoms with E-state index in [1.54, 1.807) is 6.20 Å². The maximum atomic E-state index is 12.4. The lowest BCUT2D eigenvalue weighted by Gasteiger charge is -2.28. The van der Waals surface area contributed by atoms with E-state index in [-0.39, 0.29) is 11.8 Å². The second-order valence-corrected chi connectivity index (χ2v) is 5.85. The van der Waals surface area contributed by atoms with E-state index in [9.17, 15) is 4.79 Å². The average Bonchev–Trinajstić information content (AvgIpc) is 2.87. The lowest BCUT2D eigenvalue weighted by Crippen LogP contribution is -2.33. The van der Waals surface area contributed by atoms with Gasteiger partial charge in [0.15, 0.2) is 5.78 Å². The van der Waals surface area contributed by atoms with Crippen LogP contribution in [-0.4, -0.2) is 33.8 Å². The van der Waals surface area contributed by atoms with Crippen LogP contribution in [0.4, 0.5) is 5.82 Å². The molecule has 0 amide bonds. The number of ketones is 1. The van der Waals surface area contributed by atoms with Crippen molar-refractivity contribution in [2.45, 2.75) is 25.3 Å². The summed E-state index contributed by atoms with van der Waals surface area (Å²) in [6, 6.07) is 3.98. The highest BCUT2D eigenvalue weighted by Gasteiger charge is 2.32. The van der Waals surface area contributed by atoms with Crippen LogP contribution in [-0.2, 0) is 11.2 Å². The topological polar surface area (TPSA) is 69.0 Å². The molecular weight excluding hydrogens is 300 g/mol. The van der Waals surface area contributed by atoms with Crippen molar-refractivity contribution in [3.63, 3.8) is 0 Å². The SMILES string of the molecule is O=C1CCCc2c1c(-c1ccnc(NS)c1)nn2C1COC1. The summed E-state index contributed by atoms with van der Waals surface area (Å²) in [6.45, 7) is 1.34. The molecule has 0 atom stereocenters. The summed E-state index contributed by atoms with van der Waals surface area (Å²) in [5.41, 5.74) is 3.46. The Labute approximate surface area is 133 Å². The Kier molecular flexibility index (Phi) is 3.38. The summed E-state index contributed by atoms with van der Waals surface area (Å²) < 4.78 is 10.0. The van der Waals surface area contributed by atoms with Gasteiger partial charge in [0.2, 0.25) is 0 Å². The highest BCUT2D eigenvalue weighted by Crippen LogP contribution is 2.34. The number of rotatable bonds is 3. The molecule has 0 unspecified atom stereocenters. The summed E-state index contributed by atoms with van der Waals surface area (Å²) in [6.07, 6.45) is 4.08. The van der Waals surface area contributed by atoms with Gasteiger partial charge in [-0.1, -0.05) is 12.8 Å². The first-order valence-corrected chi connectivity index (χ1v) is 7.81. The lowest BCUT2D eigenvalue weighted by molar-refractivity contribution is -0.0298. The van der Waals surface area contributed by atoms with E-state index >= 15 is 0 Å². The van der Waals surface area contributed by atoms with Crippen molar-refractivity contribution < 1.29 is 9.53 Å². The second kappa shape index (κ2) is 5.40. The number of Topliss-reactive ketones (excluding diaryl/α,β-unsaturated/α-hetero) is 1. The molecule has 1 aliphatic carbocycles. The van der Waals surface area contributed by atoms with Crippen LogP contribution < -0.4 is 4.72 Å². The molecule has 4 rings (SSSR count). The maximum absolute atomic E-state index is 12.4. The van der Waals surface area contributed by atoms with E-state index in [4.69, 9.17) is 9.84 Å². The van der Waals surface area contributed by atoms with Gasteiger partial charge in [-0.25, -0.2) is 4.98 Å². The molecule has 6 nitrogen and oxygen atoms in total. The number of fused-ring (bicyclic) bond motifs is 1. The summed E-state index contributed by atoms with van der Waals surface area (Å²) in [5.74, 6) is 0.819. The van der Waals surface area contributed by atoms with E-state index in [0.717, 1.165) is 35.4 Å². The maximum Gasteiger partial charge on any atom is 0.166 e. The number of anilines is 1. The fourth-order valence-corrected chi connectivity index (χ4v) is 3.17. The molecule has 1 aliphatic heterocycles. The van der Waals surface area contributed by atoms with Crippen LogP contribution in [0.25, 0.3) is 11.3 Å². The lowest BCUT2D eigenvalue weighted by atomic mass is 9.92. The van der Waals surface area contributed by atoms with Gasteiger partial charge in [0.25, 0.3) is 0 Å². The zero-order valence-corrected chi connectivity index (χ0v) is 12.8. The Hall–Kier alpha value is -1.86. The number of aromatic nitrogens is 3. The molecule has 0 aromatic carbocycles. The van der Waals surface area contributed by atoms with Gasteiger partial charge in [-0.2, -0.15) is 5.10 Å². The van der Waals surface area contributed by atoms with Crippen molar-refractivity contribution in [3.8, 4) is 11.3 Å². The Morgan fingerprint density at radius 3 is 2.95 bits per heavy atom. The second-order valence-electron chi connectivity index (χ2n) is 5.62. The molecule has 0 saturated carbocycles. The van der Waals surface area contributed by atoms with Gasteiger partial charge < -0.3 is 9.46 Å². The van der Waals surface area contributed by atoms with Crippen LogP contribution in [0.5, 0.6) is 0 Å². The third-order valence-electron chi connectivity index (χ3n) is 4.22. The van der Waals surface area contributed by atoms with E-state index < -0.39 is 0 Å². The quantitative estimate of drug-likeness (QED) is 0.850. The van der Waals surface area contributed by atoms with Crippen molar-refractivity contribution in [3.05, 3.63) is 29.6 Å². The number of hydrogen-bond acceptors (Lipinski definition) is 6. The molecule has 3 heterocycles. The smallest absolute Gasteiger partial charge is 0.166 e. The van der Waals surface area contributed by atoms with Gasteiger partial charge in [0, 0.05) is 18.2 Å². The predicted molar refractivity (Wildman–Crippen MR) is 85.2 cm³/mol. The monoisotopic (exact) mass is 316 g/mol. The first-order valence-electron chi connectivity index (χ1n) is 7.37. The number of carbonyl (C=O) groups excluding carboxylic acids is 1. The van der Waals surface area contributed by atoms with Gasteiger partial charge in [-0.3, -0.25) is 9.48 Å². The summed E-state index contributed by atoms with van der Waals surface area (Å²) in [5, 5.41) is 4.75. The molecule has 114 valence electrons. The summed E-state index contributed by atoms with van der Waals surface area (Å²) >= 11 is 4.03. The normalized spacial score (nSPS) is 18.0. The number of nitrogens with zero attached hydrogens (tertiary/aromatic N) is 3. The van der Waals surface area contributed by atoms with Crippen LogP contribution >= 0.6 is 12.8 Å². The molecule has 2 aromatic rings. The number of ether oxygens (including phenoxy) is 1. The Bertz CT molecular complexity index is 739. The molecule has 7 heteroatoms. The molecule has 0 spiro atoms. The molecular formula is C15H16N4O2S. The molecule has 0 radical (unpaired) electrons. The van der Waals surface area contributed by atoms with Crippen LogP contribution in [0.1, 0.15) is 34.9 Å². The molecule has 22 heavy (non-hydrogen) atoms. The fraction of sp³-hybridized carbons (Fsp3) is 0.400. The van der Waals surface area contributed by atoms with Crippen LogP contribution in [0.15, 0.2) is 18.3 Å². The number of nitrogens with one attached hydrogen (secondary N) is 1. The van der Waals surface area contributed by atoms with E-state index in [1.165, 1.54) is 0 Å². The standard InChI is InChI=1S/C15H16N4O2S/c20-12-3-1-2-11-14(12)15(17-19(11)10-7-21-8-10)9-4-5-16-13(6-9)18-22/h4-6,10,22H,1-3,7-8H2,(H,16,18). The molecule has 2 aliphatic rings. The van der Waals surface area contributed by atoms with Gasteiger partial charge in [-0.05, 0) is 25.0 Å². The van der Waals surface area contributed by atoms with Crippen molar-refractivity contribution in [2.24, 2.45) is 0 Å². The highest BCUT2D eigenvalue weighted by molar-refractivity contribution is 7.81. The van der Waals surface area contributed by atoms with Gasteiger partial charge in [0.1, 0.15) is 11.5 Å². The van der Waals surface area contributed by atoms with Crippen LogP contribution in [0.2, 0.25) is 0 Å². The average molecular weight is 316 g/mol. The number of pyridine rings is 1. The minimum atomic E-state index is 0.180. The Morgan fingerprint density at radius 2 is 2.23 bits per heavy atom. The molecule has 2 aromatic heterocycles. The minimum absolute atomic E-state index is 0.180.